The van der Waals surface area contributed by atoms with Crippen LogP contribution in [0, 0.1) is 5.41 Å². The number of piperidine rings is 1. The summed E-state index contributed by atoms with van der Waals surface area (Å²) < 4.78 is 7.15. The highest BCUT2D eigenvalue weighted by atomic mass is 79.9. The number of pyridine rings is 1. The van der Waals surface area contributed by atoms with E-state index in [0.29, 0.717) is 33.5 Å². The van der Waals surface area contributed by atoms with Crippen molar-refractivity contribution in [2.24, 2.45) is 5.41 Å². The fraction of sp³-hybridized carbons (Fsp3) is 0.370. The Bertz CT molecular complexity index is 1120. The van der Waals surface area contributed by atoms with Crippen molar-refractivity contribution in [2.45, 2.75) is 45.1 Å². The van der Waals surface area contributed by atoms with Crippen LogP contribution in [0.5, 0.6) is 5.75 Å². The molecule has 3 nitrogen and oxygen atoms in total. The Morgan fingerprint density at radius 2 is 1.67 bits per heavy atom. The molecule has 1 aromatic heterocycles. The van der Waals surface area contributed by atoms with Gasteiger partial charge in [-0.3, -0.25) is 0 Å². The van der Waals surface area contributed by atoms with Gasteiger partial charge in [-0.25, -0.2) is 4.98 Å². The topological polar surface area (TPSA) is 25.4 Å². The minimum Gasteiger partial charge on any atom is -0.487 e. The van der Waals surface area contributed by atoms with Crippen molar-refractivity contribution in [2.75, 3.05) is 18.0 Å². The Morgan fingerprint density at radius 1 is 0.939 bits per heavy atom. The number of anilines is 1. The smallest absolute Gasteiger partial charge is 0.148 e. The van der Waals surface area contributed by atoms with Gasteiger partial charge < -0.3 is 9.64 Å². The molecule has 0 atom stereocenters. The van der Waals surface area contributed by atoms with Crippen molar-refractivity contribution in [3.63, 3.8) is 0 Å². The monoisotopic (exact) mass is 544 g/mol. The lowest BCUT2D eigenvalue weighted by atomic mass is 9.77. The maximum absolute atomic E-state index is 6.57. The lowest BCUT2D eigenvalue weighted by Crippen LogP contribution is -2.39. The van der Waals surface area contributed by atoms with E-state index in [2.05, 4.69) is 39.0 Å². The predicted molar refractivity (Wildman–Crippen MR) is 141 cm³/mol. The van der Waals surface area contributed by atoms with Gasteiger partial charge in [0.25, 0.3) is 0 Å². The van der Waals surface area contributed by atoms with Gasteiger partial charge in [0, 0.05) is 24.7 Å². The molecule has 0 N–H and O–H groups in total. The third-order valence-electron chi connectivity index (χ3n) is 7.20. The van der Waals surface area contributed by atoms with E-state index in [9.17, 15) is 0 Å². The second-order valence-electron chi connectivity index (χ2n) is 9.21. The Morgan fingerprint density at radius 3 is 2.39 bits per heavy atom. The second kappa shape index (κ2) is 9.85. The first-order chi connectivity index (χ1) is 16.0. The largest absolute Gasteiger partial charge is 0.487 e. The molecule has 0 unspecified atom stereocenters. The van der Waals surface area contributed by atoms with Gasteiger partial charge in [-0.2, -0.15) is 0 Å². The van der Waals surface area contributed by atoms with Gasteiger partial charge >= 0.3 is 0 Å². The Kier molecular flexibility index (Phi) is 6.87. The molecule has 6 heteroatoms. The van der Waals surface area contributed by atoms with Gasteiger partial charge in [-0.05, 0) is 58.7 Å². The number of ether oxygens (including phenoxy) is 1. The number of nitrogens with zero attached hydrogens (tertiary/aromatic N) is 2. The van der Waals surface area contributed by atoms with Crippen molar-refractivity contribution < 1.29 is 4.74 Å². The molecule has 0 amide bonds. The molecule has 33 heavy (non-hydrogen) atoms. The Hall–Kier alpha value is -1.75. The van der Waals surface area contributed by atoms with Crippen LogP contribution < -0.4 is 9.64 Å². The van der Waals surface area contributed by atoms with Crippen molar-refractivity contribution in [3.05, 3.63) is 74.8 Å². The summed E-state index contributed by atoms with van der Waals surface area (Å²) in [5, 5.41) is 0.986. The highest BCUT2D eigenvalue weighted by Crippen LogP contribution is 2.48. The van der Waals surface area contributed by atoms with Crippen molar-refractivity contribution in [1.29, 1.82) is 0 Å². The van der Waals surface area contributed by atoms with E-state index in [1.165, 1.54) is 38.5 Å². The van der Waals surface area contributed by atoms with Gasteiger partial charge in [0.2, 0.25) is 0 Å². The van der Waals surface area contributed by atoms with Gasteiger partial charge in [0.05, 0.1) is 15.7 Å². The second-order valence-corrected chi connectivity index (χ2v) is 10.8. The number of benzene rings is 2. The number of halogens is 3. The zero-order chi connectivity index (χ0) is 22.8. The summed E-state index contributed by atoms with van der Waals surface area (Å²) in [4.78, 5) is 7.37. The molecular weight excluding hydrogens is 519 g/mol. The van der Waals surface area contributed by atoms with Crippen LogP contribution in [0.15, 0.2) is 59.2 Å². The molecule has 5 rings (SSSR count). The minimum atomic E-state index is 0.456. The lowest BCUT2D eigenvalue weighted by Gasteiger charge is -2.40. The molecule has 0 bridgehead atoms. The van der Waals surface area contributed by atoms with Crippen LogP contribution in [0.1, 0.15) is 44.1 Å². The van der Waals surface area contributed by atoms with Crippen molar-refractivity contribution >= 4 is 44.8 Å². The van der Waals surface area contributed by atoms with E-state index < -0.39 is 0 Å². The van der Waals surface area contributed by atoms with Gasteiger partial charge in [-0.1, -0.05) is 78.5 Å². The summed E-state index contributed by atoms with van der Waals surface area (Å²) in [6.07, 6.45) is 8.05. The van der Waals surface area contributed by atoms with E-state index >= 15 is 0 Å². The fourth-order valence-corrected chi connectivity index (χ4v) is 6.19. The molecule has 2 heterocycles. The summed E-state index contributed by atoms with van der Waals surface area (Å²) in [6, 6.07) is 17.9. The Labute approximate surface area is 214 Å². The molecule has 1 saturated heterocycles. The quantitative estimate of drug-likeness (QED) is 0.300. The first kappa shape index (κ1) is 23.0. The number of hydrogen-bond donors (Lipinski definition) is 0. The van der Waals surface area contributed by atoms with E-state index in [1.807, 2.05) is 30.3 Å². The SMILES string of the molecule is Clc1cccc(-c2nc(Br)c(N3CCC4(CCCC4)CC3)cc2OCc2ccccc2)c1Cl. The van der Waals surface area contributed by atoms with E-state index in [-0.39, 0.29) is 0 Å². The van der Waals surface area contributed by atoms with Crippen molar-refractivity contribution in [1.82, 2.24) is 4.98 Å². The number of aromatic nitrogens is 1. The summed E-state index contributed by atoms with van der Waals surface area (Å²) in [7, 11) is 0. The van der Waals surface area contributed by atoms with Crippen LogP contribution in [-0.2, 0) is 6.61 Å². The molecule has 1 aliphatic heterocycles. The molecule has 3 aromatic rings. The van der Waals surface area contributed by atoms with Crippen molar-refractivity contribution in [3.8, 4) is 17.0 Å². The molecule has 2 aliphatic rings. The molecule has 1 spiro atoms. The molecule has 2 fully saturated rings. The zero-order valence-corrected chi connectivity index (χ0v) is 21.6. The fourth-order valence-electron chi connectivity index (χ4n) is 5.26. The first-order valence-corrected chi connectivity index (χ1v) is 13.2. The minimum absolute atomic E-state index is 0.456. The average molecular weight is 546 g/mol. The molecule has 172 valence electrons. The van der Waals surface area contributed by atoms with Crippen LogP contribution in [0.25, 0.3) is 11.3 Å². The summed E-state index contributed by atoms with van der Waals surface area (Å²) in [5.74, 6) is 0.711. The van der Waals surface area contributed by atoms with Crippen LogP contribution >= 0.6 is 39.1 Å². The molecule has 2 aromatic carbocycles. The zero-order valence-electron chi connectivity index (χ0n) is 18.5. The summed E-state index contributed by atoms with van der Waals surface area (Å²) in [5.41, 5.74) is 4.21. The summed E-state index contributed by atoms with van der Waals surface area (Å²) in [6.45, 7) is 2.56. The van der Waals surface area contributed by atoms with Crippen LogP contribution in [-0.4, -0.2) is 18.1 Å². The van der Waals surface area contributed by atoms with Gasteiger partial charge in [0.1, 0.15) is 22.7 Å². The normalized spacial score (nSPS) is 17.5. The number of hydrogen-bond acceptors (Lipinski definition) is 3. The Balaban J connectivity index is 1.48. The standard InChI is InChI=1S/C27H27BrCl2N2O/c28-26-22(32-15-13-27(14-16-32)11-4-5-12-27)17-23(33-18-19-7-2-1-3-8-19)25(31-26)20-9-6-10-21(29)24(20)30/h1-3,6-10,17H,4-5,11-16,18H2. The maximum Gasteiger partial charge on any atom is 0.148 e. The molecule has 1 saturated carbocycles. The third kappa shape index (κ3) is 4.89. The van der Waals surface area contributed by atoms with Gasteiger partial charge in [0.15, 0.2) is 0 Å². The van der Waals surface area contributed by atoms with Gasteiger partial charge in [-0.15, -0.1) is 0 Å². The first-order valence-electron chi connectivity index (χ1n) is 11.6. The van der Waals surface area contributed by atoms with Crippen LogP contribution in [0.4, 0.5) is 5.69 Å². The average Bonchev–Trinajstić information content (AvgIpc) is 3.29. The highest BCUT2D eigenvalue weighted by molar-refractivity contribution is 9.10. The molecule has 1 aliphatic carbocycles. The maximum atomic E-state index is 6.57. The third-order valence-corrected chi connectivity index (χ3v) is 8.60. The predicted octanol–water partition coefficient (Wildman–Crippen LogP) is 8.56. The molecule has 0 radical (unpaired) electrons. The highest BCUT2D eigenvalue weighted by Gasteiger charge is 2.37. The molecular formula is C27H27BrCl2N2O. The van der Waals surface area contributed by atoms with Crippen LogP contribution in [0.3, 0.4) is 0 Å². The summed E-state index contributed by atoms with van der Waals surface area (Å²) >= 11 is 16.6. The van der Waals surface area contributed by atoms with E-state index in [1.54, 1.807) is 6.07 Å². The lowest BCUT2D eigenvalue weighted by molar-refractivity contribution is 0.226. The van der Waals surface area contributed by atoms with Crippen LogP contribution in [0.2, 0.25) is 10.0 Å². The number of rotatable bonds is 5. The van der Waals surface area contributed by atoms with E-state index in [4.69, 9.17) is 32.9 Å². The van der Waals surface area contributed by atoms with E-state index in [0.717, 1.165) is 34.5 Å².